The molecular weight excluding hydrogens is 615 g/mol. The van der Waals surface area contributed by atoms with Crippen molar-refractivity contribution >= 4 is 68.6 Å². The first kappa shape index (κ1) is 43.0. The molecule has 0 amide bonds. The van der Waals surface area contributed by atoms with E-state index in [-0.39, 0.29) is 17.3 Å². The first-order valence-electron chi connectivity index (χ1n) is 16.5. The van der Waals surface area contributed by atoms with Crippen molar-refractivity contribution in [2.45, 2.75) is 126 Å². The average molecular weight is 674 g/mol. The van der Waals surface area contributed by atoms with Gasteiger partial charge in [0, 0.05) is 57.9 Å². The number of nitrogens with zero attached hydrogens (tertiary/aromatic N) is 1. The van der Waals surface area contributed by atoms with E-state index in [4.69, 9.17) is 36.7 Å². The van der Waals surface area contributed by atoms with E-state index in [9.17, 15) is 14.4 Å². The first-order chi connectivity index (χ1) is 20.9. The summed E-state index contributed by atoms with van der Waals surface area (Å²) in [5, 5.41) is 0. The van der Waals surface area contributed by atoms with Crippen molar-refractivity contribution in [2.75, 3.05) is 13.1 Å². The van der Waals surface area contributed by atoms with E-state index in [0.29, 0.717) is 50.0 Å². The number of ketones is 3. The van der Waals surface area contributed by atoms with Crippen molar-refractivity contribution in [3.05, 3.63) is 48.2 Å². The van der Waals surface area contributed by atoms with E-state index in [1.165, 1.54) is 0 Å². The average Bonchev–Trinajstić information content (AvgIpc) is 3.31. The molecule has 2 rings (SSSR count). The van der Waals surface area contributed by atoms with Gasteiger partial charge in [-0.1, -0.05) is 122 Å². The number of hydrogen-bond donors (Lipinski definition) is 0. The van der Waals surface area contributed by atoms with Crippen LogP contribution in [0.15, 0.2) is 42.6 Å². The fourth-order valence-electron chi connectivity index (χ4n) is 4.81. The summed E-state index contributed by atoms with van der Waals surface area (Å²) in [6.07, 6.45) is 6.77. The van der Waals surface area contributed by atoms with Gasteiger partial charge in [-0.15, -0.1) is 0 Å². The fraction of sp³-hybridized carbons (Fsp3) is 0.632. The van der Waals surface area contributed by atoms with Gasteiger partial charge in [0.1, 0.15) is 11.6 Å². The summed E-state index contributed by atoms with van der Waals surface area (Å²) in [5.74, 6) is 2.34. The lowest BCUT2D eigenvalue weighted by Crippen LogP contribution is -2.30. The lowest BCUT2D eigenvalue weighted by atomic mass is 9.78. The molecule has 0 atom stereocenters. The number of allylic oxidation sites excluding steroid dienone is 1. The zero-order valence-electron chi connectivity index (χ0n) is 29.5. The van der Waals surface area contributed by atoms with Crippen LogP contribution in [0.1, 0.15) is 126 Å². The van der Waals surface area contributed by atoms with E-state index >= 15 is 0 Å². The van der Waals surface area contributed by atoms with Crippen LogP contribution in [0.2, 0.25) is 0 Å². The van der Waals surface area contributed by atoms with Crippen molar-refractivity contribution in [3.63, 3.8) is 0 Å². The second kappa shape index (κ2) is 22.5. The highest BCUT2D eigenvalue weighted by molar-refractivity contribution is 7.80. The number of likely N-dealkylation sites (tertiary alicyclic amines) is 1. The monoisotopic (exact) mass is 673 g/mol. The summed E-state index contributed by atoms with van der Waals surface area (Å²) < 4.78 is 0. The van der Waals surface area contributed by atoms with Crippen molar-refractivity contribution in [3.8, 4) is 0 Å². The summed E-state index contributed by atoms with van der Waals surface area (Å²) in [6, 6.07) is 9.91. The molecular formula is C38H59NO3S3. The number of rotatable bonds is 17. The van der Waals surface area contributed by atoms with Crippen LogP contribution >= 0.6 is 36.7 Å². The Morgan fingerprint density at radius 3 is 1.62 bits per heavy atom. The highest BCUT2D eigenvalue weighted by atomic mass is 32.1. The van der Waals surface area contributed by atoms with Gasteiger partial charge in [-0.3, -0.25) is 14.4 Å². The zero-order chi connectivity index (χ0) is 34.7. The first-order valence-corrected chi connectivity index (χ1v) is 17.7. The molecule has 1 aliphatic rings. The maximum atomic E-state index is 12.4. The summed E-state index contributed by atoms with van der Waals surface area (Å²) in [5.41, 5.74) is 1.70. The Labute approximate surface area is 291 Å². The predicted octanol–water partition coefficient (Wildman–Crippen LogP) is 10.1. The van der Waals surface area contributed by atoms with Gasteiger partial charge in [-0.2, -0.15) is 0 Å². The number of benzene rings is 1. The number of hydrogen-bond acceptors (Lipinski definition) is 7. The summed E-state index contributed by atoms with van der Waals surface area (Å²) in [4.78, 5) is 39.8. The molecule has 252 valence electrons. The molecule has 1 aromatic carbocycles. The van der Waals surface area contributed by atoms with Gasteiger partial charge >= 0.3 is 0 Å². The molecule has 0 unspecified atom stereocenters. The molecule has 1 aliphatic heterocycles. The van der Waals surface area contributed by atoms with Gasteiger partial charge in [-0.05, 0) is 69.3 Å². The highest BCUT2D eigenvalue weighted by Gasteiger charge is 2.29. The van der Waals surface area contributed by atoms with Crippen molar-refractivity contribution in [1.29, 1.82) is 0 Å². The van der Waals surface area contributed by atoms with Crippen LogP contribution < -0.4 is 0 Å². The molecule has 0 bridgehead atoms. The van der Waals surface area contributed by atoms with Gasteiger partial charge in [0.25, 0.3) is 0 Å². The normalized spacial score (nSPS) is 12.8. The predicted molar refractivity (Wildman–Crippen MR) is 205 cm³/mol. The summed E-state index contributed by atoms with van der Waals surface area (Å²) >= 11 is 15.6. The number of thiocarbonyl (C=S) groups is 3. The fourth-order valence-corrected chi connectivity index (χ4v) is 6.27. The molecule has 45 heavy (non-hydrogen) atoms. The van der Waals surface area contributed by atoms with E-state index in [1.54, 1.807) is 0 Å². The minimum atomic E-state index is -0.456. The van der Waals surface area contributed by atoms with Crippen LogP contribution in [0.4, 0.5) is 0 Å². The highest BCUT2D eigenvalue weighted by Crippen LogP contribution is 2.26. The van der Waals surface area contributed by atoms with Crippen molar-refractivity contribution < 1.29 is 14.4 Å². The van der Waals surface area contributed by atoms with E-state index < -0.39 is 5.41 Å². The molecule has 0 radical (unpaired) electrons. The number of carbonyl (C=O) groups is 3. The molecule has 0 aromatic heterocycles. The van der Waals surface area contributed by atoms with E-state index in [1.807, 2.05) is 51.1 Å². The maximum absolute atomic E-state index is 12.4. The zero-order valence-corrected chi connectivity index (χ0v) is 32.0. The Morgan fingerprint density at radius 1 is 0.778 bits per heavy atom. The molecule has 4 nitrogen and oxygen atoms in total. The molecule has 0 N–H and O–H groups in total. The van der Waals surface area contributed by atoms with Crippen LogP contribution in [0.25, 0.3) is 0 Å². The second-order valence-corrected chi connectivity index (χ2v) is 15.6. The molecule has 1 aromatic rings. The van der Waals surface area contributed by atoms with Crippen molar-refractivity contribution in [1.82, 2.24) is 4.90 Å². The van der Waals surface area contributed by atoms with Gasteiger partial charge in [0.15, 0.2) is 5.78 Å². The number of carbonyl (C=O) groups excluding carboxylic acids is 3. The lowest BCUT2D eigenvalue weighted by molar-refractivity contribution is -0.122. The standard InChI is InChI=1S/C16H22OS.C13H21NOS.C9H16OS/c1-12(2)10-14(18)11-15(17)16(3,4)13-8-6-5-7-9-13;1-10(2)7-13(16)8-12(15)9-14-6-4-5-11(14)3;1-4-8(10)6-9(11)5-7(2)3/h5-9,12H,10-11H2,1-4H3;10H,3-9H2,1-2H3;7H,4-6H2,1-3H3. The Balaban J connectivity index is 0.000000666. The van der Waals surface area contributed by atoms with Gasteiger partial charge in [0.05, 0.1) is 6.54 Å². The Kier molecular flexibility index (Phi) is 21.6. The van der Waals surface area contributed by atoms with Gasteiger partial charge < -0.3 is 4.90 Å². The smallest absolute Gasteiger partial charge is 0.156 e. The van der Waals surface area contributed by atoms with Crippen LogP contribution in [-0.4, -0.2) is 49.9 Å². The minimum absolute atomic E-state index is 0.208. The maximum Gasteiger partial charge on any atom is 0.156 e. The number of Topliss-reactive ketones (excluding diaryl/α,β-unsaturated/α-hetero) is 3. The Morgan fingerprint density at radius 2 is 1.22 bits per heavy atom. The molecule has 1 saturated heterocycles. The molecule has 1 fully saturated rings. The van der Waals surface area contributed by atoms with Crippen LogP contribution in [0, 0.1) is 17.8 Å². The minimum Gasteiger partial charge on any atom is -0.368 e. The molecule has 7 heteroatoms. The van der Waals surface area contributed by atoms with E-state index in [0.717, 1.165) is 64.5 Å². The quantitative estimate of drug-likeness (QED) is 0.153. The van der Waals surface area contributed by atoms with Crippen LogP contribution in [-0.2, 0) is 19.8 Å². The van der Waals surface area contributed by atoms with Crippen LogP contribution in [0.5, 0.6) is 0 Å². The van der Waals surface area contributed by atoms with Gasteiger partial charge in [-0.25, -0.2) is 0 Å². The lowest BCUT2D eigenvalue weighted by Gasteiger charge is -2.24. The van der Waals surface area contributed by atoms with Crippen LogP contribution in [0.3, 0.4) is 0 Å². The Bertz CT molecular complexity index is 1140. The molecule has 0 spiro atoms. The molecule has 0 aliphatic carbocycles. The largest absolute Gasteiger partial charge is 0.368 e. The summed E-state index contributed by atoms with van der Waals surface area (Å²) in [6.45, 7) is 24.0. The van der Waals surface area contributed by atoms with E-state index in [2.05, 4.69) is 53.0 Å². The third-order valence-corrected chi connectivity index (χ3v) is 8.28. The topological polar surface area (TPSA) is 54.5 Å². The van der Waals surface area contributed by atoms with Crippen molar-refractivity contribution in [2.24, 2.45) is 17.8 Å². The third-order valence-electron chi connectivity index (χ3n) is 7.35. The molecule has 0 saturated carbocycles. The molecule has 1 heterocycles. The second-order valence-electron chi connectivity index (χ2n) is 13.9. The van der Waals surface area contributed by atoms with Gasteiger partial charge in [0.2, 0.25) is 0 Å². The SMILES string of the molecule is C=C1CCCN1CC(=O)CC(=S)CC(C)C.CC(C)CC(=S)CC(=O)C(C)(C)c1ccccc1.CCC(=O)CC(=S)CC(C)C. The third kappa shape index (κ3) is 20.0. The summed E-state index contributed by atoms with van der Waals surface area (Å²) in [7, 11) is 0. The Hall–Kier alpha value is -1.96.